The van der Waals surface area contributed by atoms with Gasteiger partial charge in [0.1, 0.15) is 35.1 Å². The van der Waals surface area contributed by atoms with Crippen molar-refractivity contribution < 1.29 is 26.8 Å². The van der Waals surface area contributed by atoms with Crippen molar-refractivity contribution in [1.29, 1.82) is 10.5 Å². The van der Waals surface area contributed by atoms with Crippen LogP contribution >= 0.6 is 0 Å². The first-order valence-corrected chi connectivity index (χ1v) is 10.7. The molecular formula is C18H18F2N6O4S. The van der Waals surface area contributed by atoms with E-state index in [1.54, 1.807) is 0 Å². The highest BCUT2D eigenvalue weighted by Crippen LogP contribution is 2.34. The molecule has 0 aliphatic carbocycles. The van der Waals surface area contributed by atoms with Gasteiger partial charge in [-0.25, -0.2) is 26.3 Å². The third-order valence-corrected chi connectivity index (χ3v) is 6.95. The monoisotopic (exact) mass is 452 g/mol. The summed E-state index contributed by atoms with van der Waals surface area (Å²) in [4.78, 5) is 24.0. The van der Waals surface area contributed by atoms with Crippen molar-refractivity contribution in [1.82, 2.24) is 14.9 Å². The van der Waals surface area contributed by atoms with Crippen molar-refractivity contribution in [3.8, 4) is 12.1 Å². The lowest BCUT2D eigenvalue weighted by Gasteiger charge is -2.35. The zero-order chi connectivity index (χ0) is 22.9. The van der Waals surface area contributed by atoms with E-state index in [0.717, 1.165) is 12.1 Å². The molecule has 1 aromatic rings. The number of rotatable bonds is 4. The second-order valence-corrected chi connectivity index (χ2v) is 9.02. The third-order valence-electron chi connectivity index (χ3n) is 5.13. The highest BCUT2D eigenvalue weighted by molar-refractivity contribution is 7.90. The fourth-order valence-corrected chi connectivity index (χ4v) is 5.17. The van der Waals surface area contributed by atoms with E-state index >= 15 is 0 Å². The number of halogens is 2. The Balaban J connectivity index is 1.76. The summed E-state index contributed by atoms with van der Waals surface area (Å²) in [6, 6.07) is 2.53. The van der Waals surface area contributed by atoms with Crippen LogP contribution in [0.5, 0.6) is 0 Å². The minimum absolute atomic E-state index is 0.00340. The molecule has 0 saturated carbocycles. The molecule has 3 unspecified atom stereocenters. The van der Waals surface area contributed by atoms with Crippen LogP contribution in [0.15, 0.2) is 17.0 Å². The van der Waals surface area contributed by atoms with Gasteiger partial charge in [-0.05, 0) is 25.5 Å². The van der Waals surface area contributed by atoms with Crippen LogP contribution in [0.1, 0.15) is 18.9 Å². The molecule has 4 atom stereocenters. The maximum absolute atomic E-state index is 14.3. The number of alkyl halides is 1. The van der Waals surface area contributed by atoms with Crippen LogP contribution in [-0.4, -0.2) is 56.0 Å². The van der Waals surface area contributed by atoms with Gasteiger partial charge in [-0.15, -0.1) is 0 Å². The van der Waals surface area contributed by atoms with Crippen molar-refractivity contribution >= 4 is 27.6 Å². The van der Waals surface area contributed by atoms with Crippen LogP contribution in [-0.2, 0) is 14.8 Å². The molecule has 0 radical (unpaired) electrons. The van der Waals surface area contributed by atoms with Gasteiger partial charge in [0, 0.05) is 12.6 Å². The fraction of sp³-hybridized carbons (Fsp3) is 0.444. The zero-order valence-corrected chi connectivity index (χ0v) is 17.0. The number of benzene rings is 1. The van der Waals surface area contributed by atoms with Gasteiger partial charge < -0.3 is 16.0 Å². The summed E-state index contributed by atoms with van der Waals surface area (Å²) < 4.78 is 54.1. The highest BCUT2D eigenvalue weighted by atomic mass is 32.2. The van der Waals surface area contributed by atoms with E-state index in [0.29, 0.717) is 0 Å². The highest BCUT2D eigenvalue weighted by Gasteiger charge is 2.41. The summed E-state index contributed by atoms with van der Waals surface area (Å²) in [6.45, 7) is 0.784. The molecule has 0 aromatic heterocycles. The molecule has 2 aliphatic heterocycles. The van der Waals surface area contributed by atoms with Crippen LogP contribution in [0.2, 0.25) is 0 Å². The first kappa shape index (κ1) is 22.4. The molecule has 1 aromatic carbocycles. The molecule has 2 heterocycles. The van der Waals surface area contributed by atoms with Gasteiger partial charge in [0.05, 0.1) is 23.7 Å². The van der Waals surface area contributed by atoms with Crippen LogP contribution in [0.4, 0.5) is 19.3 Å². The molecule has 164 valence electrons. The third kappa shape index (κ3) is 4.15. The lowest BCUT2D eigenvalue weighted by Crippen LogP contribution is -2.58. The van der Waals surface area contributed by atoms with Gasteiger partial charge >= 0.3 is 6.03 Å². The lowest BCUT2D eigenvalue weighted by atomic mass is 9.90. The smallest absolute Gasteiger partial charge is 0.336 e. The number of anilines is 1. The Kier molecular flexibility index (Phi) is 6.10. The van der Waals surface area contributed by atoms with E-state index in [9.17, 15) is 26.8 Å². The topological polar surface area (TPSA) is 155 Å². The summed E-state index contributed by atoms with van der Waals surface area (Å²) in [5, 5.41) is 25.5. The minimum atomic E-state index is -4.70. The molecule has 10 nitrogen and oxygen atoms in total. The summed E-state index contributed by atoms with van der Waals surface area (Å²) in [5.41, 5.74) is -1.05. The minimum Gasteiger partial charge on any atom is -0.350 e. The molecule has 3 rings (SSSR count). The Hall–Kier alpha value is -3.29. The average molecular weight is 452 g/mol. The second kappa shape index (κ2) is 8.45. The summed E-state index contributed by atoms with van der Waals surface area (Å²) in [7, 11) is -4.70. The van der Waals surface area contributed by atoms with Crippen LogP contribution in [0.25, 0.3) is 0 Å². The van der Waals surface area contributed by atoms with E-state index in [1.807, 2.05) is 6.07 Å². The van der Waals surface area contributed by atoms with Gasteiger partial charge in [0.25, 0.3) is 10.0 Å². The van der Waals surface area contributed by atoms with Gasteiger partial charge in [-0.2, -0.15) is 10.5 Å². The number of nitriles is 2. The van der Waals surface area contributed by atoms with Gasteiger partial charge in [0.2, 0.25) is 5.91 Å². The number of amides is 3. The molecule has 31 heavy (non-hydrogen) atoms. The number of hydrogen-bond donors (Lipinski definition) is 3. The number of piperidine rings is 1. The number of hydrogen-bond acceptors (Lipinski definition) is 7. The Morgan fingerprint density at radius 1 is 1.42 bits per heavy atom. The van der Waals surface area contributed by atoms with Gasteiger partial charge in [-0.3, -0.25) is 4.79 Å². The summed E-state index contributed by atoms with van der Waals surface area (Å²) in [5.74, 6) is -2.49. The maximum Gasteiger partial charge on any atom is 0.336 e. The predicted molar refractivity (Wildman–Crippen MR) is 102 cm³/mol. The number of carbonyl (C=O) groups is 2. The van der Waals surface area contributed by atoms with Crippen molar-refractivity contribution in [3.63, 3.8) is 0 Å². The number of carbonyl (C=O) groups excluding carboxylic acids is 2. The second-order valence-electron chi connectivity index (χ2n) is 7.22. The normalized spacial score (nSPS) is 25.4. The maximum atomic E-state index is 14.3. The molecule has 3 amide bonds. The largest absolute Gasteiger partial charge is 0.350 e. The van der Waals surface area contributed by atoms with E-state index in [4.69, 9.17) is 10.5 Å². The van der Waals surface area contributed by atoms with Gasteiger partial charge in [-0.1, -0.05) is 0 Å². The summed E-state index contributed by atoms with van der Waals surface area (Å²) >= 11 is 0. The number of sulfonamides is 1. The lowest BCUT2D eigenvalue weighted by molar-refractivity contribution is -0.121. The molecule has 1 fully saturated rings. The van der Waals surface area contributed by atoms with E-state index in [1.165, 1.54) is 13.0 Å². The van der Waals surface area contributed by atoms with Crippen molar-refractivity contribution in [3.05, 3.63) is 23.5 Å². The average Bonchev–Trinajstić information content (AvgIpc) is 2.71. The quantitative estimate of drug-likeness (QED) is 0.603. The Labute approximate surface area is 176 Å². The van der Waals surface area contributed by atoms with Crippen molar-refractivity contribution in [2.45, 2.75) is 36.5 Å². The van der Waals surface area contributed by atoms with Gasteiger partial charge in [0.15, 0.2) is 0 Å². The SMILES string of the molecule is C[C@H](NC(=O)CN1C(=O)Nc2ccc(F)c(C#N)c2S1(=O)=O)C1NCC(C#N)CC1F. The Bertz CT molecular complexity index is 1110. The first-order valence-electron chi connectivity index (χ1n) is 9.23. The number of nitrogens with one attached hydrogen (secondary N) is 3. The van der Waals surface area contributed by atoms with E-state index in [2.05, 4.69) is 16.0 Å². The van der Waals surface area contributed by atoms with Crippen molar-refractivity contribution in [2.24, 2.45) is 5.92 Å². The molecule has 0 spiro atoms. The van der Waals surface area contributed by atoms with E-state index in [-0.39, 0.29) is 23.0 Å². The number of fused-ring (bicyclic) bond motifs is 1. The molecule has 13 heteroatoms. The first-order chi connectivity index (χ1) is 14.6. The van der Waals surface area contributed by atoms with Crippen LogP contribution in [0, 0.1) is 34.4 Å². The molecule has 1 saturated heterocycles. The number of urea groups is 1. The summed E-state index contributed by atoms with van der Waals surface area (Å²) in [6.07, 6.45) is -1.42. The van der Waals surface area contributed by atoms with Crippen LogP contribution < -0.4 is 16.0 Å². The molecular weight excluding hydrogens is 434 g/mol. The van der Waals surface area contributed by atoms with Crippen molar-refractivity contribution in [2.75, 3.05) is 18.4 Å². The fourth-order valence-electron chi connectivity index (χ4n) is 3.60. The molecule has 3 N–H and O–H groups in total. The Morgan fingerprint density at radius 2 is 2.13 bits per heavy atom. The zero-order valence-electron chi connectivity index (χ0n) is 16.2. The number of nitrogens with zero attached hydrogens (tertiary/aromatic N) is 3. The van der Waals surface area contributed by atoms with Crippen LogP contribution in [0.3, 0.4) is 0 Å². The predicted octanol–water partition coefficient (Wildman–Crippen LogP) is 0.578. The Morgan fingerprint density at radius 3 is 2.74 bits per heavy atom. The standard InChI is InChI=1S/C18H18F2N6O4S/c1-9(16-13(20)4-10(5-21)7-23-16)24-15(27)8-26-18(28)25-14-3-2-12(19)11(6-22)17(14)31(26,29)30/h2-3,9-10,13,16,23H,4,7-8H2,1H3,(H,24,27)(H,25,28)/t9-,10?,13?,16?/m0/s1. The molecule has 0 bridgehead atoms. The van der Waals surface area contributed by atoms with E-state index < -0.39 is 69.0 Å². The molecule has 2 aliphatic rings.